The summed E-state index contributed by atoms with van der Waals surface area (Å²) in [6.07, 6.45) is 2.84. The van der Waals surface area contributed by atoms with Gasteiger partial charge in [-0.15, -0.1) is 0 Å². The number of aryl methyl sites for hydroxylation is 1. The highest BCUT2D eigenvalue weighted by Crippen LogP contribution is 2.32. The van der Waals surface area contributed by atoms with Crippen molar-refractivity contribution in [3.8, 4) is 5.75 Å². The maximum Gasteiger partial charge on any atom is 0.269 e. The summed E-state index contributed by atoms with van der Waals surface area (Å²) >= 11 is 3.62. The molecule has 2 N–H and O–H groups in total. The molecular formula is C25H22IN3O4S. The summed E-state index contributed by atoms with van der Waals surface area (Å²) in [6, 6.07) is 20.2. The van der Waals surface area contributed by atoms with Crippen LogP contribution in [0.3, 0.4) is 0 Å². The Bertz CT molecular complexity index is 1250. The van der Waals surface area contributed by atoms with Crippen molar-refractivity contribution >= 4 is 57.7 Å². The average Bonchev–Trinajstić information content (AvgIpc) is 3.17. The Labute approximate surface area is 215 Å². The minimum absolute atomic E-state index is 0.0378. The number of carbonyl (C=O) groups is 1. The number of amides is 1. The number of nitro benzene ring substituents is 1. The Morgan fingerprint density at radius 1 is 1.15 bits per heavy atom. The summed E-state index contributed by atoms with van der Waals surface area (Å²) in [4.78, 5) is 23.6. The molecule has 0 aromatic heterocycles. The normalized spacial score (nSPS) is 16.4. The van der Waals surface area contributed by atoms with E-state index in [2.05, 4.69) is 52.3 Å². The predicted octanol–water partition coefficient (Wildman–Crippen LogP) is 5.94. The topological polar surface area (TPSA) is 93.5 Å². The van der Waals surface area contributed by atoms with Gasteiger partial charge in [0.2, 0.25) is 0 Å². The number of carbonyl (C=O) groups excluding carboxylic acids is 1. The van der Waals surface area contributed by atoms with Gasteiger partial charge in [-0.05, 0) is 76.0 Å². The highest BCUT2D eigenvalue weighted by molar-refractivity contribution is 14.1. The van der Waals surface area contributed by atoms with E-state index in [9.17, 15) is 14.9 Å². The molecule has 1 aliphatic heterocycles. The third-order valence-corrected chi connectivity index (χ3v) is 7.03. The van der Waals surface area contributed by atoms with E-state index >= 15 is 0 Å². The van der Waals surface area contributed by atoms with Gasteiger partial charge >= 0.3 is 0 Å². The number of halogens is 1. The van der Waals surface area contributed by atoms with Crippen molar-refractivity contribution in [2.45, 2.75) is 25.4 Å². The van der Waals surface area contributed by atoms with Crippen LogP contribution in [0.5, 0.6) is 5.75 Å². The number of rotatable bonds is 8. The SMILES string of the molecule is CCc1ccc(N[C@@H]2NC(=O)/C(=C/c3ccc(OCc4cccc([N+](=O)[O-])c4)c(I)c3)S2)cc1. The second-order valence-corrected chi connectivity index (χ2v) is 9.89. The first-order valence-corrected chi connectivity index (χ1v) is 12.6. The number of ether oxygens (including phenoxy) is 1. The Morgan fingerprint density at radius 3 is 2.65 bits per heavy atom. The minimum atomic E-state index is -0.422. The maximum atomic E-state index is 12.5. The van der Waals surface area contributed by atoms with E-state index in [0.717, 1.165) is 26.8 Å². The van der Waals surface area contributed by atoms with Crippen LogP contribution in [0.4, 0.5) is 11.4 Å². The summed E-state index contributed by atoms with van der Waals surface area (Å²) in [5, 5.41) is 17.2. The highest BCUT2D eigenvalue weighted by atomic mass is 127. The van der Waals surface area contributed by atoms with Crippen LogP contribution in [0.25, 0.3) is 6.08 Å². The van der Waals surface area contributed by atoms with E-state index in [1.807, 2.05) is 36.4 Å². The van der Waals surface area contributed by atoms with Crippen molar-refractivity contribution in [1.82, 2.24) is 5.32 Å². The number of thioether (sulfide) groups is 1. The first kappa shape index (κ1) is 24.1. The fourth-order valence-electron chi connectivity index (χ4n) is 3.35. The lowest BCUT2D eigenvalue weighted by Gasteiger charge is -2.12. The maximum absolute atomic E-state index is 12.5. The van der Waals surface area contributed by atoms with Crippen molar-refractivity contribution in [3.05, 3.63) is 102 Å². The molecule has 3 aromatic carbocycles. The van der Waals surface area contributed by atoms with Gasteiger partial charge in [0, 0.05) is 17.8 Å². The van der Waals surface area contributed by atoms with E-state index in [-0.39, 0.29) is 23.7 Å². The Balaban J connectivity index is 1.39. The Morgan fingerprint density at radius 2 is 1.94 bits per heavy atom. The lowest BCUT2D eigenvalue weighted by Crippen LogP contribution is -2.30. The van der Waals surface area contributed by atoms with Crippen LogP contribution in [0.1, 0.15) is 23.6 Å². The molecule has 1 heterocycles. The quantitative estimate of drug-likeness (QED) is 0.147. The van der Waals surface area contributed by atoms with Crippen LogP contribution < -0.4 is 15.4 Å². The molecule has 34 heavy (non-hydrogen) atoms. The van der Waals surface area contributed by atoms with E-state index in [1.54, 1.807) is 12.1 Å². The molecule has 1 aliphatic rings. The van der Waals surface area contributed by atoms with Crippen molar-refractivity contribution < 1.29 is 14.5 Å². The minimum Gasteiger partial charge on any atom is -0.488 e. The van der Waals surface area contributed by atoms with Gasteiger partial charge in [0.25, 0.3) is 11.6 Å². The zero-order chi connectivity index (χ0) is 24.1. The fourth-order valence-corrected chi connectivity index (χ4v) is 5.03. The van der Waals surface area contributed by atoms with Crippen molar-refractivity contribution in [2.75, 3.05) is 5.32 Å². The number of non-ortho nitro benzene ring substituents is 1. The smallest absolute Gasteiger partial charge is 0.269 e. The lowest BCUT2D eigenvalue weighted by molar-refractivity contribution is -0.384. The number of benzene rings is 3. The molecule has 4 rings (SSSR count). The summed E-state index contributed by atoms with van der Waals surface area (Å²) in [5.41, 5.74) is 3.63. The fraction of sp³-hybridized carbons (Fsp3) is 0.160. The second-order valence-electron chi connectivity index (χ2n) is 7.58. The lowest BCUT2D eigenvalue weighted by atomic mass is 10.1. The van der Waals surface area contributed by atoms with Crippen LogP contribution >= 0.6 is 34.4 Å². The van der Waals surface area contributed by atoms with E-state index < -0.39 is 4.92 Å². The third kappa shape index (κ3) is 6.09. The van der Waals surface area contributed by atoms with Gasteiger partial charge in [-0.1, -0.05) is 49.0 Å². The van der Waals surface area contributed by atoms with Crippen LogP contribution in [-0.4, -0.2) is 16.3 Å². The number of nitrogens with zero attached hydrogens (tertiary/aromatic N) is 1. The van der Waals surface area contributed by atoms with Crippen LogP contribution in [0, 0.1) is 13.7 Å². The molecule has 1 atom stereocenters. The molecule has 1 amide bonds. The molecule has 0 radical (unpaired) electrons. The van der Waals surface area contributed by atoms with E-state index in [0.29, 0.717) is 10.7 Å². The van der Waals surface area contributed by atoms with Crippen LogP contribution in [0.2, 0.25) is 0 Å². The van der Waals surface area contributed by atoms with Crippen molar-refractivity contribution in [3.63, 3.8) is 0 Å². The summed E-state index contributed by atoms with van der Waals surface area (Å²) in [5.74, 6) is 0.557. The zero-order valence-corrected chi connectivity index (χ0v) is 21.3. The molecule has 174 valence electrons. The van der Waals surface area contributed by atoms with Gasteiger partial charge in [0.1, 0.15) is 12.4 Å². The third-order valence-electron chi connectivity index (χ3n) is 5.16. The first-order chi connectivity index (χ1) is 16.4. The van der Waals surface area contributed by atoms with Crippen molar-refractivity contribution in [1.29, 1.82) is 0 Å². The molecule has 9 heteroatoms. The van der Waals surface area contributed by atoms with Gasteiger partial charge in [0.15, 0.2) is 5.50 Å². The predicted molar refractivity (Wildman–Crippen MR) is 144 cm³/mol. The number of hydrogen-bond donors (Lipinski definition) is 2. The standard InChI is InChI=1S/C25H22IN3O4S/c1-2-16-6-9-19(10-7-16)27-25-28-24(30)23(34-25)14-17-8-11-22(21(26)13-17)33-15-18-4-3-5-20(12-18)29(31)32/h3-14,25,27H,2,15H2,1H3,(H,28,30)/b23-14-/t25-/m1/s1. The van der Waals surface area contributed by atoms with Gasteiger partial charge in [-0.25, -0.2) is 0 Å². The van der Waals surface area contributed by atoms with Gasteiger partial charge in [-0.3, -0.25) is 14.9 Å². The first-order valence-electron chi connectivity index (χ1n) is 10.6. The molecule has 0 aliphatic carbocycles. The number of anilines is 1. The van der Waals surface area contributed by atoms with Gasteiger partial charge in [-0.2, -0.15) is 0 Å². The van der Waals surface area contributed by atoms with Crippen molar-refractivity contribution in [2.24, 2.45) is 0 Å². The molecular weight excluding hydrogens is 565 g/mol. The Kier molecular flexibility index (Phi) is 7.73. The zero-order valence-electron chi connectivity index (χ0n) is 18.3. The van der Waals surface area contributed by atoms with Gasteiger partial charge in [0.05, 0.1) is 13.4 Å². The van der Waals surface area contributed by atoms with E-state index in [1.165, 1.54) is 29.5 Å². The van der Waals surface area contributed by atoms with Gasteiger partial charge < -0.3 is 15.4 Å². The summed E-state index contributed by atoms with van der Waals surface area (Å²) in [7, 11) is 0. The largest absolute Gasteiger partial charge is 0.488 e. The molecule has 0 unspecified atom stereocenters. The monoisotopic (exact) mass is 587 g/mol. The molecule has 0 saturated carbocycles. The number of nitrogens with one attached hydrogen (secondary N) is 2. The molecule has 7 nitrogen and oxygen atoms in total. The molecule has 0 bridgehead atoms. The van der Waals surface area contributed by atoms with Crippen LogP contribution in [0.15, 0.2) is 71.6 Å². The highest BCUT2D eigenvalue weighted by Gasteiger charge is 2.27. The van der Waals surface area contributed by atoms with Crippen LogP contribution in [-0.2, 0) is 17.8 Å². The molecule has 1 saturated heterocycles. The Hall–Kier alpha value is -3.05. The summed E-state index contributed by atoms with van der Waals surface area (Å²) in [6.45, 7) is 2.34. The molecule has 1 fully saturated rings. The number of hydrogen-bond acceptors (Lipinski definition) is 6. The molecule has 0 spiro atoms. The molecule has 3 aromatic rings. The average molecular weight is 587 g/mol. The second kappa shape index (κ2) is 10.9. The van der Waals surface area contributed by atoms with E-state index in [4.69, 9.17) is 4.74 Å². The number of nitro groups is 1. The summed E-state index contributed by atoms with van der Waals surface area (Å²) < 4.78 is 6.74.